The van der Waals surface area contributed by atoms with E-state index in [0.29, 0.717) is 12.1 Å². The van der Waals surface area contributed by atoms with Gasteiger partial charge in [0.2, 0.25) is 17.7 Å². The van der Waals surface area contributed by atoms with E-state index in [0.717, 1.165) is 5.56 Å². The van der Waals surface area contributed by atoms with Gasteiger partial charge >= 0.3 is 0 Å². The molecule has 0 saturated heterocycles. The van der Waals surface area contributed by atoms with Gasteiger partial charge in [-0.25, -0.2) is 0 Å². The minimum Gasteiger partial charge on any atom is -0.349 e. The molecular formula is C17H26N4O3. The van der Waals surface area contributed by atoms with E-state index in [9.17, 15) is 14.4 Å². The molecule has 0 spiro atoms. The third-order valence-electron chi connectivity index (χ3n) is 3.54. The monoisotopic (exact) mass is 334 g/mol. The molecular weight excluding hydrogens is 308 g/mol. The van der Waals surface area contributed by atoms with Gasteiger partial charge in [0.15, 0.2) is 0 Å². The smallest absolute Gasteiger partial charge is 0.243 e. The van der Waals surface area contributed by atoms with Crippen LogP contribution in [0.3, 0.4) is 0 Å². The Balaban J connectivity index is 2.47. The Bertz CT molecular complexity index is 582. The van der Waals surface area contributed by atoms with E-state index < -0.39 is 6.04 Å². The topological polar surface area (TPSA) is 105 Å². The standard InChI is InChI=1S/C17H26N4O3/c1-11(2)16(18)17(24)19-10-14(22)20-13-7-5-12(6-8-13)9-15(23)21(3)4/h5-8,11,16H,9-10,18H2,1-4H3,(H,19,24)(H,20,22)/t16-/m0/s1. The van der Waals surface area contributed by atoms with Crippen molar-refractivity contribution in [2.75, 3.05) is 26.0 Å². The highest BCUT2D eigenvalue weighted by Gasteiger charge is 2.17. The fourth-order valence-electron chi connectivity index (χ4n) is 1.83. The number of amides is 3. The van der Waals surface area contributed by atoms with Gasteiger partial charge < -0.3 is 21.3 Å². The predicted octanol–water partition coefficient (Wildman–Crippen LogP) is 0.355. The van der Waals surface area contributed by atoms with Gasteiger partial charge in [-0.2, -0.15) is 0 Å². The van der Waals surface area contributed by atoms with Crippen molar-refractivity contribution < 1.29 is 14.4 Å². The number of benzene rings is 1. The first-order valence-corrected chi connectivity index (χ1v) is 7.83. The average molecular weight is 334 g/mol. The molecule has 0 aliphatic carbocycles. The normalized spacial score (nSPS) is 11.8. The summed E-state index contributed by atoms with van der Waals surface area (Å²) in [7, 11) is 3.41. The molecule has 0 bridgehead atoms. The molecule has 0 radical (unpaired) electrons. The number of carbonyl (C=O) groups is 3. The van der Waals surface area contributed by atoms with Gasteiger partial charge in [-0.3, -0.25) is 14.4 Å². The van der Waals surface area contributed by atoms with E-state index in [-0.39, 0.29) is 30.2 Å². The van der Waals surface area contributed by atoms with Crippen molar-refractivity contribution in [1.82, 2.24) is 10.2 Å². The lowest BCUT2D eigenvalue weighted by Gasteiger charge is -2.15. The highest BCUT2D eigenvalue weighted by atomic mass is 16.2. The number of hydrogen-bond donors (Lipinski definition) is 3. The first-order chi connectivity index (χ1) is 11.2. The van der Waals surface area contributed by atoms with Crippen LogP contribution in [0.5, 0.6) is 0 Å². The summed E-state index contributed by atoms with van der Waals surface area (Å²) in [6, 6.07) is 6.37. The Hall–Kier alpha value is -2.41. The lowest BCUT2D eigenvalue weighted by atomic mass is 10.1. The van der Waals surface area contributed by atoms with Crippen molar-refractivity contribution in [2.24, 2.45) is 11.7 Å². The summed E-state index contributed by atoms with van der Waals surface area (Å²) >= 11 is 0. The molecule has 0 aliphatic heterocycles. The van der Waals surface area contributed by atoms with Crippen molar-refractivity contribution in [3.05, 3.63) is 29.8 Å². The molecule has 1 aromatic rings. The highest BCUT2D eigenvalue weighted by Crippen LogP contribution is 2.10. The third kappa shape index (κ3) is 6.37. The maximum Gasteiger partial charge on any atom is 0.243 e. The molecule has 4 N–H and O–H groups in total. The van der Waals surface area contributed by atoms with Crippen LogP contribution in [0.1, 0.15) is 19.4 Å². The number of nitrogens with two attached hydrogens (primary N) is 1. The van der Waals surface area contributed by atoms with Crippen LogP contribution in [-0.4, -0.2) is 49.3 Å². The van der Waals surface area contributed by atoms with E-state index in [4.69, 9.17) is 5.73 Å². The molecule has 0 unspecified atom stereocenters. The summed E-state index contributed by atoms with van der Waals surface area (Å²) in [6.07, 6.45) is 0.310. The van der Waals surface area contributed by atoms with Crippen molar-refractivity contribution in [2.45, 2.75) is 26.3 Å². The number of rotatable bonds is 7. The Kier molecular flexibility index (Phi) is 7.38. The lowest BCUT2D eigenvalue weighted by Crippen LogP contribution is -2.46. The molecule has 3 amide bonds. The quantitative estimate of drug-likeness (QED) is 0.669. The average Bonchev–Trinajstić information content (AvgIpc) is 2.53. The van der Waals surface area contributed by atoms with Crippen LogP contribution >= 0.6 is 0 Å². The Morgan fingerprint density at radius 2 is 1.71 bits per heavy atom. The first kappa shape index (κ1) is 19.6. The maximum absolute atomic E-state index is 11.8. The van der Waals surface area contributed by atoms with Crippen LogP contribution in [0.4, 0.5) is 5.69 Å². The highest BCUT2D eigenvalue weighted by molar-refractivity contribution is 5.95. The molecule has 1 atom stereocenters. The number of hydrogen-bond acceptors (Lipinski definition) is 4. The molecule has 7 heteroatoms. The van der Waals surface area contributed by atoms with Crippen LogP contribution < -0.4 is 16.4 Å². The Morgan fingerprint density at radius 3 is 2.21 bits per heavy atom. The predicted molar refractivity (Wildman–Crippen MR) is 93.3 cm³/mol. The molecule has 0 heterocycles. The second-order valence-electron chi connectivity index (χ2n) is 6.20. The maximum atomic E-state index is 11.8. The second kappa shape index (κ2) is 9.02. The molecule has 1 rings (SSSR count). The summed E-state index contributed by atoms with van der Waals surface area (Å²) in [5, 5.41) is 5.19. The molecule has 0 fully saturated rings. The molecule has 0 saturated carbocycles. The number of anilines is 1. The Labute approximate surface area is 142 Å². The number of nitrogens with one attached hydrogen (secondary N) is 2. The van der Waals surface area contributed by atoms with Crippen molar-refractivity contribution in [3.8, 4) is 0 Å². The SMILES string of the molecule is CC(C)[C@H](N)C(=O)NCC(=O)Nc1ccc(CC(=O)N(C)C)cc1. The summed E-state index contributed by atoms with van der Waals surface area (Å²) in [5.74, 6) is -0.671. The van der Waals surface area contributed by atoms with Crippen molar-refractivity contribution in [3.63, 3.8) is 0 Å². The Morgan fingerprint density at radius 1 is 1.12 bits per heavy atom. The number of nitrogens with zero attached hydrogens (tertiary/aromatic N) is 1. The van der Waals surface area contributed by atoms with E-state index in [1.54, 1.807) is 38.4 Å². The van der Waals surface area contributed by atoms with E-state index in [2.05, 4.69) is 10.6 Å². The summed E-state index contributed by atoms with van der Waals surface area (Å²) < 4.78 is 0. The zero-order chi connectivity index (χ0) is 18.3. The second-order valence-corrected chi connectivity index (χ2v) is 6.20. The van der Waals surface area contributed by atoms with Crippen LogP contribution in [0.15, 0.2) is 24.3 Å². The van der Waals surface area contributed by atoms with Crippen molar-refractivity contribution >= 4 is 23.4 Å². The molecule has 132 valence electrons. The van der Waals surface area contributed by atoms with Gasteiger partial charge in [0.1, 0.15) is 0 Å². The summed E-state index contributed by atoms with van der Waals surface area (Å²) in [5.41, 5.74) is 7.17. The van der Waals surface area contributed by atoms with Crippen molar-refractivity contribution in [1.29, 1.82) is 0 Å². The summed E-state index contributed by atoms with van der Waals surface area (Å²) in [6.45, 7) is 3.54. The van der Waals surface area contributed by atoms with E-state index in [1.807, 2.05) is 13.8 Å². The minimum atomic E-state index is -0.633. The summed E-state index contributed by atoms with van der Waals surface area (Å²) in [4.78, 5) is 36.7. The van der Waals surface area contributed by atoms with E-state index in [1.165, 1.54) is 4.90 Å². The lowest BCUT2D eigenvalue weighted by molar-refractivity contribution is -0.128. The van der Waals surface area contributed by atoms with Gasteiger partial charge in [0, 0.05) is 19.8 Å². The number of likely N-dealkylation sites (N-methyl/N-ethyl adjacent to an activating group) is 1. The third-order valence-corrected chi connectivity index (χ3v) is 3.54. The van der Waals surface area contributed by atoms with E-state index >= 15 is 0 Å². The van der Waals surface area contributed by atoms with Gasteiger partial charge in [-0.15, -0.1) is 0 Å². The molecule has 24 heavy (non-hydrogen) atoms. The zero-order valence-electron chi connectivity index (χ0n) is 14.6. The molecule has 1 aromatic carbocycles. The molecule has 7 nitrogen and oxygen atoms in total. The van der Waals surface area contributed by atoms with Gasteiger partial charge in [-0.05, 0) is 23.6 Å². The fraction of sp³-hybridized carbons (Fsp3) is 0.471. The largest absolute Gasteiger partial charge is 0.349 e. The van der Waals surface area contributed by atoms with Crippen LogP contribution in [-0.2, 0) is 20.8 Å². The first-order valence-electron chi connectivity index (χ1n) is 7.83. The number of carbonyl (C=O) groups excluding carboxylic acids is 3. The van der Waals surface area contributed by atoms with Crippen LogP contribution in [0.2, 0.25) is 0 Å². The van der Waals surface area contributed by atoms with Gasteiger partial charge in [-0.1, -0.05) is 26.0 Å². The fourth-order valence-corrected chi connectivity index (χ4v) is 1.83. The van der Waals surface area contributed by atoms with Crippen LogP contribution in [0, 0.1) is 5.92 Å². The zero-order valence-corrected chi connectivity index (χ0v) is 14.6. The van der Waals surface area contributed by atoms with Gasteiger partial charge in [0.05, 0.1) is 19.0 Å². The minimum absolute atomic E-state index is 0.00508. The van der Waals surface area contributed by atoms with Crippen LogP contribution in [0.25, 0.3) is 0 Å². The molecule has 0 aromatic heterocycles. The molecule has 0 aliphatic rings. The van der Waals surface area contributed by atoms with Gasteiger partial charge in [0.25, 0.3) is 0 Å².